The third kappa shape index (κ3) is 6.30. The highest BCUT2D eigenvalue weighted by Crippen LogP contribution is 2.26. The van der Waals surface area contributed by atoms with Crippen LogP contribution >= 0.6 is 23.2 Å². The Labute approximate surface area is 210 Å². The van der Waals surface area contributed by atoms with Crippen LogP contribution in [-0.2, 0) is 21.4 Å². The van der Waals surface area contributed by atoms with E-state index in [1.165, 1.54) is 12.1 Å². The van der Waals surface area contributed by atoms with E-state index in [1.807, 2.05) is 32.0 Å². The van der Waals surface area contributed by atoms with E-state index >= 15 is 0 Å². The molecule has 3 aromatic carbocycles. The molecule has 1 atom stereocenters. The first-order valence-corrected chi connectivity index (χ1v) is 12.7. The van der Waals surface area contributed by atoms with Crippen molar-refractivity contribution >= 4 is 39.1 Å². The van der Waals surface area contributed by atoms with Crippen molar-refractivity contribution in [2.24, 2.45) is 0 Å². The lowest BCUT2D eigenvalue weighted by molar-refractivity contribution is -0.122. The standard InChI is InChI=1S/C25H26Cl2N2O4S/c1-17-8-11-20(12-9-17)34(31,32)29(15-19-10-13-22(26)23(27)14-19)16-25(30)28-18(2)21-6-4-5-7-24(21)33-3/h4-14,18H,15-16H2,1-3H3,(H,28,30)/t18-/m0/s1. The first-order chi connectivity index (χ1) is 16.1. The summed E-state index contributed by atoms with van der Waals surface area (Å²) in [6, 6.07) is 18.3. The van der Waals surface area contributed by atoms with E-state index in [-0.39, 0.29) is 18.0 Å². The predicted octanol–water partition coefficient (Wildman–Crippen LogP) is 5.38. The predicted molar refractivity (Wildman–Crippen MR) is 135 cm³/mol. The van der Waals surface area contributed by atoms with Gasteiger partial charge in [0.2, 0.25) is 15.9 Å². The van der Waals surface area contributed by atoms with Crippen molar-refractivity contribution in [2.45, 2.75) is 31.3 Å². The minimum atomic E-state index is -3.98. The van der Waals surface area contributed by atoms with Crippen molar-refractivity contribution in [1.29, 1.82) is 0 Å². The zero-order valence-electron chi connectivity index (χ0n) is 19.1. The third-order valence-electron chi connectivity index (χ3n) is 5.30. The number of hydrogen-bond acceptors (Lipinski definition) is 4. The lowest BCUT2D eigenvalue weighted by atomic mass is 10.1. The molecule has 0 fully saturated rings. The van der Waals surface area contributed by atoms with Gasteiger partial charge in [-0.3, -0.25) is 4.79 Å². The fraction of sp³-hybridized carbons (Fsp3) is 0.240. The van der Waals surface area contributed by atoms with Crippen LogP contribution in [0.2, 0.25) is 10.0 Å². The van der Waals surface area contributed by atoms with Crippen LogP contribution in [-0.4, -0.2) is 32.3 Å². The fourth-order valence-corrected chi connectivity index (χ4v) is 5.18. The number of methoxy groups -OCH3 is 1. The van der Waals surface area contributed by atoms with Crippen molar-refractivity contribution in [1.82, 2.24) is 9.62 Å². The number of aryl methyl sites for hydroxylation is 1. The molecule has 0 radical (unpaired) electrons. The smallest absolute Gasteiger partial charge is 0.243 e. The Hall–Kier alpha value is -2.58. The molecule has 0 saturated heterocycles. The summed E-state index contributed by atoms with van der Waals surface area (Å²) in [4.78, 5) is 13.1. The van der Waals surface area contributed by atoms with E-state index in [0.29, 0.717) is 21.4 Å². The zero-order valence-corrected chi connectivity index (χ0v) is 21.4. The van der Waals surface area contributed by atoms with E-state index in [9.17, 15) is 13.2 Å². The largest absolute Gasteiger partial charge is 0.496 e. The van der Waals surface area contributed by atoms with Crippen LogP contribution in [0.15, 0.2) is 71.6 Å². The minimum absolute atomic E-state index is 0.0520. The number of nitrogens with zero attached hydrogens (tertiary/aromatic N) is 1. The molecule has 0 heterocycles. The van der Waals surface area contributed by atoms with E-state index in [2.05, 4.69) is 5.32 Å². The number of para-hydroxylation sites is 1. The highest BCUT2D eigenvalue weighted by Gasteiger charge is 2.28. The second-order valence-corrected chi connectivity index (χ2v) is 10.6. The summed E-state index contributed by atoms with van der Waals surface area (Å²) >= 11 is 12.1. The molecule has 0 aliphatic rings. The zero-order chi connectivity index (χ0) is 24.9. The second kappa shape index (κ2) is 11.2. The second-order valence-electron chi connectivity index (χ2n) is 7.87. The van der Waals surface area contributed by atoms with Crippen molar-refractivity contribution in [3.63, 3.8) is 0 Å². The molecule has 6 nitrogen and oxygen atoms in total. The van der Waals surface area contributed by atoms with E-state index in [4.69, 9.17) is 27.9 Å². The first kappa shape index (κ1) is 26.0. The van der Waals surface area contributed by atoms with Gasteiger partial charge in [-0.25, -0.2) is 8.42 Å². The van der Waals surface area contributed by atoms with Gasteiger partial charge in [-0.05, 0) is 49.7 Å². The quantitative estimate of drug-likeness (QED) is 0.411. The number of amides is 1. The molecule has 1 N–H and O–H groups in total. The lowest BCUT2D eigenvalue weighted by Gasteiger charge is -2.24. The maximum absolute atomic E-state index is 13.5. The van der Waals surface area contributed by atoms with Gasteiger partial charge in [0.25, 0.3) is 0 Å². The Kier molecular flexibility index (Phi) is 8.60. The molecular weight excluding hydrogens is 495 g/mol. The Morgan fingerprint density at radius 1 is 1.03 bits per heavy atom. The van der Waals surface area contributed by atoms with E-state index in [1.54, 1.807) is 43.5 Å². The summed E-state index contributed by atoms with van der Waals surface area (Å²) in [5.41, 5.74) is 2.32. The topological polar surface area (TPSA) is 75.7 Å². The number of carbonyl (C=O) groups is 1. The Morgan fingerprint density at radius 2 is 1.71 bits per heavy atom. The van der Waals surface area contributed by atoms with Gasteiger partial charge < -0.3 is 10.1 Å². The summed E-state index contributed by atoms with van der Waals surface area (Å²) in [5.74, 6) is 0.185. The molecule has 3 rings (SSSR count). The summed E-state index contributed by atoms with van der Waals surface area (Å²) in [6.07, 6.45) is 0. The molecule has 0 aliphatic carbocycles. The van der Waals surface area contributed by atoms with Gasteiger partial charge in [-0.1, -0.05) is 65.2 Å². The van der Waals surface area contributed by atoms with Crippen LogP contribution in [0.3, 0.4) is 0 Å². The molecule has 34 heavy (non-hydrogen) atoms. The highest BCUT2D eigenvalue weighted by atomic mass is 35.5. The van der Waals surface area contributed by atoms with Gasteiger partial charge in [0.05, 0.1) is 34.6 Å². The van der Waals surface area contributed by atoms with E-state index < -0.39 is 22.0 Å². The molecule has 9 heteroatoms. The average molecular weight is 521 g/mol. The number of halogens is 2. The summed E-state index contributed by atoms with van der Waals surface area (Å²) in [5, 5.41) is 3.54. The van der Waals surface area contributed by atoms with Gasteiger partial charge in [0.15, 0.2) is 0 Å². The minimum Gasteiger partial charge on any atom is -0.496 e. The first-order valence-electron chi connectivity index (χ1n) is 10.5. The molecule has 1 amide bonds. The molecule has 0 bridgehead atoms. The van der Waals surface area contributed by atoms with Crippen LogP contribution < -0.4 is 10.1 Å². The Morgan fingerprint density at radius 3 is 2.35 bits per heavy atom. The molecule has 0 aliphatic heterocycles. The number of hydrogen-bond donors (Lipinski definition) is 1. The van der Waals surface area contributed by atoms with Crippen molar-refractivity contribution in [2.75, 3.05) is 13.7 Å². The van der Waals surface area contributed by atoms with Crippen LogP contribution in [0, 0.1) is 6.92 Å². The lowest BCUT2D eigenvalue weighted by Crippen LogP contribution is -2.41. The van der Waals surface area contributed by atoms with Crippen molar-refractivity contribution in [3.8, 4) is 5.75 Å². The monoisotopic (exact) mass is 520 g/mol. The van der Waals surface area contributed by atoms with Gasteiger partial charge in [-0.15, -0.1) is 0 Å². The molecule has 0 aromatic heterocycles. The number of ether oxygens (including phenoxy) is 1. The molecule has 0 unspecified atom stereocenters. The molecule has 0 spiro atoms. The molecule has 180 valence electrons. The average Bonchev–Trinajstić information content (AvgIpc) is 2.81. The maximum Gasteiger partial charge on any atom is 0.243 e. The van der Waals surface area contributed by atoms with Crippen LogP contribution in [0.25, 0.3) is 0 Å². The molecule has 3 aromatic rings. The SMILES string of the molecule is COc1ccccc1[C@H](C)NC(=O)CN(Cc1ccc(Cl)c(Cl)c1)S(=O)(=O)c1ccc(C)cc1. The van der Waals surface area contributed by atoms with Gasteiger partial charge in [0.1, 0.15) is 5.75 Å². The summed E-state index contributed by atoms with van der Waals surface area (Å²) in [7, 11) is -2.42. The van der Waals surface area contributed by atoms with E-state index in [0.717, 1.165) is 15.4 Å². The van der Waals surface area contributed by atoms with Gasteiger partial charge in [0, 0.05) is 12.1 Å². The normalized spacial score (nSPS) is 12.4. The number of benzene rings is 3. The number of carbonyl (C=O) groups excluding carboxylic acids is 1. The summed E-state index contributed by atoms with van der Waals surface area (Å²) < 4.78 is 33.4. The Bertz CT molecular complexity index is 1260. The van der Waals surface area contributed by atoms with Crippen LogP contribution in [0.1, 0.15) is 29.7 Å². The molecular formula is C25H26Cl2N2O4S. The number of sulfonamides is 1. The van der Waals surface area contributed by atoms with Gasteiger partial charge >= 0.3 is 0 Å². The molecule has 0 saturated carbocycles. The third-order valence-corrected chi connectivity index (χ3v) is 7.85. The van der Waals surface area contributed by atoms with Crippen molar-refractivity contribution < 1.29 is 17.9 Å². The number of nitrogens with one attached hydrogen (secondary N) is 1. The summed E-state index contributed by atoms with van der Waals surface area (Å²) in [6.45, 7) is 3.25. The van der Waals surface area contributed by atoms with Gasteiger partial charge in [-0.2, -0.15) is 4.31 Å². The highest BCUT2D eigenvalue weighted by molar-refractivity contribution is 7.89. The van der Waals surface area contributed by atoms with Crippen LogP contribution in [0.4, 0.5) is 0 Å². The maximum atomic E-state index is 13.5. The van der Waals surface area contributed by atoms with Crippen LogP contribution in [0.5, 0.6) is 5.75 Å². The number of rotatable bonds is 9. The fourth-order valence-electron chi connectivity index (χ4n) is 3.48. The Balaban J connectivity index is 1.87. The van der Waals surface area contributed by atoms with Crippen molar-refractivity contribution in [3.05, 3.63) is 93.5 Å².